The standard InChI is InChI=1S/C15H14FN3O3/c1-9-6-13(21)14(15(22)18-7-10(20)8-18)17-19(9)12-5-3-2-4-11(12)16/h2-6,10,20H,7-8H2,1H3. The molecule has 1 saturated heterocycles. The van der Waals surface area contributed by atoms with Crippen LogP contribution in [-0.4, -0.2) is 44.9 Å². The van der Waals surface area contributed by atoms with Crippen molar-refractivity contribution >= 4 is 5.91 Å². The zero-order chi connectivity index (χ0) is 15.9. The number of nitrogens with zero attached hydrogens (tertiary/aromatic N) is 3. The Labute approximate surface area is 125 Å². The maximum Gasteiger partial charge on any atom is 0.278 e. The van der Waals surface area contributed by atoms with Gasteiger partial charge in [-0.1, -0.05) is 12.1 Å². The van der Waals surface area contributed by atoms with Crippen LogP contribution in [0.4, 0.5) is 4.39 Å². The molecule has 1 N–H and O–H groups in total. The van der Waals surface area contributed by atoms with E-state index in [1.165, 1.54) is 27.8 Å². The Morgan fingerprint density at radius 2 is 2.05 bits per heavy atom. The van der Waals surface area contributed by atoms with Crippen molar-refractivity contribution in [1.29, 1.82) is 0 Å². The lowest BCUT2D eigenvalue weighted by Crippen LogP contribution is -2.54. The summed E-state index contributed by atoms with van der Waals surface area (Å²) in [7, 11) is 0. The Balaban J connectivity index is 2.06. The van der Waals surface area contributed by atoms with Crippen LogP contribution < -0.4 is 5.43 Å². The Bertz CT molecular complexity index is 797. The Hall–Kier alpha value is -2.54. The molecule has 1 fully saturated rings. The van der Waals surface area contributed by atoms with Crippen LogP contribution in [0.1, 0.15) is 16.2 Å². The molecule has 1 aliphatic heterocycles. The lowest BCUT2D eigenvalue weighted by atomic mass is 10.1. The largest absolute Gasteiger partial charge is 0.389 e. The fourth-order valence-corrected chi connectivity index (χ4v) is 2.33. The number of hydrogen-bond donors (Lipinski definition) is 1. The highest BCUT2D eigenvalue weighted by molar-refractivity contribution is 5.92. The highest BCUT2D eigenvalue weighted by Crippen LogP contribution is 2.15. The van der Waals surface area contributed by atoms with Crippen molar-refractivity contribution in [2.45, 2.75) is 13.0 Å². The van der Waals surface area contributed by atoms with Crippen molar-refractivity contribution < 1.29 is 14.3 Å². The first-order chi connectivity index (χ1) is 10.5. The number of aromatic nitrogens is 2. The van der Waals surface area contributed by atoms with Gasteiger partial charge in [0.2, 0.25) is 5.43 Å². The summed E-state index contributed by atoms with van der Waals surface area (Å²) in [4.78, 5) is 25.5. The third-order valence-corrected chi connectivity index (χ3v) is 3.54. The Morgan fingerprint density at radius 1 is 1.36 bits per heavy atom. The number of carbonyl (C=O) groups excluding carboxylic acids is 1. The van der Waals surface area contributed by atoms with Crippen molar-refractivity contribution in [2.75, 3.05) is 13.1 Å². The van der Waals surface area contributed by atoms with Gasteiger partial charge < -0.3 is 10.0 Å². The third kappa shape index (κ3) is 2.39. The molecule has 1 aromatic heterocycles. The van der Waals surface area contributed by atoms with Gasteiger partial charge >= 0.3 is 0 Å². The molecular weight excluding hydrogens is 289 g/mol. The van der Waals surface area contributed by atoms with Crippen molar-refractivity contribution in [3.63, 3.8) is 0 Å². The number of para-hydroxylation sites is 1. The van der Waals surface area contributed by atoms with Gasteiger partial charge in [-0.2, -0.15) is 5.10 Å². The number of amides is 1. The molecule has 22 heavy (non-hydrogen) atoms. The van der Waals surface area contributed by atoms with E-state index in [0.717, 1.165) is 0 Å². The molecule has 0 atom stereocenters. The van der Waals surface area contributed by atoms with E-state index < -0.39 is 23.3 Å². The average molecular weight is 303 g/mol. The van der Waals surface area contributed by atoms with E-state index in [2.05, 4.69) is 5.10 Å². The van der Waals surface area contributed by atoms with Crippen LogP contribution in [0.3, 0.4) is 0 Å². The van der Waals surface area contributed by atoms with E-state index in [1.807, 2.05) is 0 Å². The summed E-state index contributed by atoms with van der Waals surface area (Å²) in [5.74, 6) is -1.06. The lowest BCUT2D eigenvalue weighted by Gasteiger charge is -2.35. The van der Waals surface area contributed by atoms with Gasteiger partial charge in [0.15, 0.2) is 5.69 Å². The molecule has 114 valence electrons. The molecule has 0 bridgehead atoms. The summed E-state index contributed by atoms with van der Waals surface area (Å²) in [5.41, 5.74) is -0.203. The third-order valence-electron chi connectivity index (χ3n) is 3.54. The maximum atomic E-state index is 13.9. The zero-order valence-corrected chi connectivity index (χ0v) is 11.9. The number of rotatable bonds is 2. The summed E-state index contributed by atoms with van der Waals surface area (Å²) < 4.78 is 15.1. The molecule has 0 spiro atoms. The van der Waals surface area contributed by atoms with Gasteiger partial charge in [0.05, 0.1) is 6.10 Å². The molecule has 0 unspecified atom stereocenters. The van der Waals surface area contributed by atoms with E-state index in [9.17, 15) is 19.1 Å². The van der Waals surface area contributed by atoms with Crippen molar-refractivity contribution in [3.05, 3.63) is 57.8 Å². The van der Waals surface area contributed by atoms with E-state index in [-0.39, 0.29) is 24.5 Å². The second kappa shape index (κ2) is 5.34. The van der Waals surface area contributed by atoms with Crippen LogP contribution in [-0.2, 0) is 0 Å². The molecule has 0 saturated carbocycles. The van der Waals surface area contributed by atoms with Crippen molar-refractivity contribution in [2.24, 2.45) is 0 Å². The minimum atomic E-state index is -0.566. The molecule has 7 heteroatoms. The van der Waals surface area contributed by atoms with Crippen LogP contribution in [0.2, 0.25) is 0 Å². The molecule has 2 heterocycles. The number of likely N-dealkylation sites (tertiary alicyclic amines) is 1. The van der Waals surface area contributed by atoms with Crippen LogP contribution in [0.5, 0.6) is 0 Å². The topological polar surface area (TPSA) is 75.4 Å². The number of aliphatic hydroxyl groups excluding tert-OH is 1. The Kier molecular flexibility index (Phi) is 3.50. The first kappa shape index (κ1) is 14.4. The smallest absolute Gasteiger partial charge is 0.278 e. The van der Waals surface area contributed by atoms with Crippen LogP contribution in [0.25, 0.3) is 5.69 Å². The monoisotopic (exact) mass is 303 g/mol. The number of aryl methyl sites for hydroxylation is 1. The minimum Gasteiger partial charge on any atom is -0.389 e. The van der Waals surface area contributed by atoms with Gasteiger partial charge in [-0.15, -0.1) is 0 Å². The van der Waals surface area contributed by atoms with Crippen molar-refractivity contribution in [3.8, 4) is 5.69 Å². The molecule has 3 rings (SSSR count). The highest BCUT2D eigenvalue weighted by atomic mass is 19.1. The summed E-state index contributed by atoms with van der Waals surface area (Å²) in [6, 6.07) is 7.24. The molecular formula is C15H14FN3O3. The number of aliphatic hydroxyl groups is 1. The van der Waals surface area contributed by atoms with Crippen LogP contribution >= 0.6 is 0 Å². The predicted octanol–water partition coefficient (Wildman–Crippen LogP) is 0.497. The Morgan fingerprint density at radius 3 is 2.68 bits per heavy atom. The van der Waals surface area contributed by atoms with Gasteiger partial charge in [-0.05, 0) is 19.1 Å². The molecule has 1 amide bonds. The number of halogens is 1. The van der Waals surface area contributed by atoms with E-state index in [1.54, 1.807) is 19.1 Å². The van der Waals surface area contributed by atoms with Gasteiger partial charge in [0.25, 0.3) is 5.91 Å². The average Bonchev–Trinajstić information content (AvgIpc) is 2.44. The lowest BCUT2D eigenvalue weighted by molar-refractivity contribution is 0.00528. The van der Waals surface area contributed by atoms with Gasteiger partial charge in [0.1, 0.15) is 11.5 Å². The SMILES string of the molecule is Cc1cc(=O)c(C(=O)N2CC(O)C2)nn1-c1ccccc1F. The number of β-amino-alcohol motifs (C(OH)–C–C–N with tert-alkyl or cyclic N) is 1. The zero-order valence-electron chi connectivity index (χ0n) is 11.9. The van der Waals surface area contributed by atoms with Gasteiger partial charge in [0, 0.05) is 24.8 Å². The number of benzene rings is 1. The highest BCUT2D eigenvalue weighted by Gasteiger charge is 2.32. The quantitative estimate of drug-likeness (QED) is 0.876. The molecule has 1 aromatic carbocycles. The van der Waals surface area contributed by atoms with E-state index in [0.29, 0.717) is 5.69 Å². The second-order valence-corrected chi connectivity index (χ2v) is 5.23. The van der Waals surface area contributed by atoms with Crippen LogP contribution in [0.15, 0.2) is 35.1 Å². The van der Waals surface area contributed by atoms with E-state index in [4.69, 9.17) is 0 Å². The maximum absolute atomic E-state index is 13.9. The predicted molar refractivity (Wildman–Crippen MR) is 76.4 cm³/mol. The fourth-order valence-electron chi connectivity index (χ4n) is 2.33. The first-order valence-corrected chi connectivity index (χ1v) is 6.80. The fraction of sp³-hybridized carbons (Fsp3) is 0.267. The van der Waals surface area contributed by atoms with Gasteiger partial charge in [-0.3, -0.25) is 9.59 Å². The molecule has 6 nitrogen and oxygen atoms in total. The molecule has 0 radical (unpaired) electrons. The van der Waals surface area contributed by atoms with Gasteiger partial charge in [-0.25, -0.2) is 9.07 Å². The summed E-state index contributed by atoms with van der Waals surface area (Å²) in [6.45, 7) is 1.96. The van der Waals surface area contributed by atoms with E-state index >= 15 is 0 Å². The van der Waals surface area contributed by atoms with Crippen LogP contribution in [0, 0.1) is 12.7 Å². The second-order valence-electron chi connectivity index (χ2n) is 5.23. The molecule has 1 aliphatic rings. The number of hydrogen-bond acceptors (Lipinski definition) is 4. The molecule has 2 aromatic rings. The first-order valence-electron chi connectivity index (χ1n) is 6.80. The minimum absolute atomic E-state index is 0.165. The number of carbonyl (C=O) groups is 1. The van der Waals surface area contributed by atoms with Crippen molar-refractivity contribution in [1.82, 2.24) is 14.7 Å². The molecule has 0 aliphatic carbocycles. The summed E-state index contributed by atoms with van der Waals surface area (Å²) >= 11 is 0. The normalized spacial score (nSPS) is 14.8. The summed E-state index contributed by atoms with van der Waals surface area (Å²) in [6.07, 6.45) is -0.566. The summed E-state index contributed by atoms with van der Waals surface area (Å²) in [5, 5.41) is 13.3.